The summed E-state index contributed by atoms with van der Waals surface area (Å²) in [6.07, 6.45) is -5.60. The lowest BCUT2D eigenvalue weighted by Crippen LogP contribution is -2.75. The summed E-state index contributed by atoms with van der Waals surface area (Å²) < 4.78 is 23.2. The SMILES string of the molecule is CN[C@](O)(CCO)[C@@H](C(=O)O)C(=O)O[C@](O)(CO)[C@@H]1O[C@H](Oc2ccc3c(=O)c(-c4ccc(O)cc4)coc3c2)[C@@](CO)(ON2CC3=CC=NC3=C2c2cc(C)cc(C)c2)[C@H](O)[C@H]1O. The molecular weight excluding hydrogens is 842 g/mol. The zero-order valence-corrected chi connectivity index (χ0v) is 34.6. The number of benzene rings is 3. The average molecular weight is 890 g/mol. The molecule has 340 valence electrons. The number of hydrogen-bond donors (Lipinski definition) is 10. The molecular formula is C44H47N3O17. The van der Waals surface area contributed by atoms with E-state index in [1.54, 1.807) is 12.3 Å². The van der Waals surface area contributed by atoms with Crippen LogP contribution in [0.2, 0.25) is 0 Å². The molecule has 8 atom stereocenters. The maximum absolute atomic E-state index is 13.6. The number of esters is 1. The van der Waals surface area contributed by atoms with E-state index in [-0.39, 0.29) is 34.6 Å². The van der Waals surface area contributed by atoms with Crippen LogP contribution >= 0.6 is 0 Å². The van der Waals surface area contributed by atoms with Crippen molar-refractivity contribution in [2.45, 2.75) is 62.0 Å². The molecule has 4 heterocycles. The van der Waals surface area contributed by atoms with Crippen LogP contribution in [0.5, 0.6) is 11.5 Å². The van der Waals surface area contributed by atoms with Crippen molar-refractivity contribution in [3.8, 4) is 22.6 Å². The molecule has 0 amide bonds. The molecule has 3 aliphatic heterocycles. The van der Waals surface area contributed by atoms with Crippen LogP contribution < -0.4 is 15.5 Å². The maximum Gasteiger partial charge on any atom is 0.327 e. The lowest BCUT2D eigenvalue weighted by Gasteiger charge is -2.52. The van der Waals surface area contributed by atoms with Crippen LogP contribution in [0.25, 0.3) is 27.8 Å². The molecule has 64 heavy (non-hydrogen) atoms. The number of rotatable bonds is 16. The maximum atomic E-state index is 13.6. The minimum absolute atomic E-state index is 0.0140. The standard InChI is InChI=1S/C44H47N3O17/c1-22-14-23(2)16-26(15-22)34-33-25(10-12-46-33)18-47(34)64-42(20-49)37(54)36(53)38(44(59,21-50)63-40(57)32(39(55)56)43(58,45-3)11-13-48)62-41(42)61-28-8-9-29-31(17-28)60-19-30(35(29)52)24-4-6-27(51)7-5-24/h4-10,12,14-17,19,32,36-38,41,45,48-51,53-54,58-59H,11,13,18,20-21H2,1-3H3,(H,55,56)/t32-,36+,37+,38+,41-,42-,43-,44+/m0/s1. The van der Waals surface area contributed by atoms with Crippen LogP contribution in [-0.4, -0.2) is 144 Å². The summed E-state index contributed by atoms with van der Waals surface area (Å²) in [5.41, 5.74) is -1.14. The molecule has 0 bridgehead atoms. The van der Waals surface area contributed by atoms with Gasteiger partial charge in [-0.2, -0.15) is 0 Å². The molecule has 0 aliphatic carbocycles. The van der Waals surface area contributed by atoms with E-state index in [9.17, 15) is 60.3 Å². The second kappa shape index (κ2) is 17.9. The molecule has 0 saturated carbocycles. The molecule has 3 aromatic carbocycles. The number of carboxylic acids is 1. The van der Waals surface area contributed by atoms with Crippen LogP contribution in [0.4, 0.5) is 0 Å². The number of nitrogens with zero attached hydrogens (tertiary/aromatic N) is 2. The molecule has 4 aromatic rings. The number of phenols is 1. The van der Waals surface area contributed by atoms with Crippen molar-refractivity contribution in [1.29, 1.82) is 0 Å². The first-order valence-corrected chi connectivity index (χ1v) is 19.9. The van der Waals surface area contributed by atoms with E-state index in [2.05, 4.69) is 10.3 Å². The van der Waals surface area contributed by atoms with Gasteiger partial charge in [-0.25, -0.2) is 5.06 Å². The molecule has 7 rings (SSSR count). The summed E-state index contributed by atoms with van der Waals surface area (Å²) in [6.45, 7) is 0.139. The summed E-state index contributed by atoms with van der Waals surface area (Å²) in [5, 5.41) is 101. The van der Waals surface area contributed by atoms with E-state index in [4.69, 9.17) is 23.5 Å². The van der Waals surface area contributed by atoms with E-state index in [0.29, 0.717) is 28.1 Å². The number of allylic oxidation sites excluding steroid dienone is 1. The van der Waals surface area contributed by atoms with Gasteiger partial charge in [-0.1, -0.05) is 29.3 Å². The van der Waals surface area contributed by atoms with Gasteiger partial charge < -0.3 is 64.6 Å². The molecule has 1 fully saturated rings. The Hall–Kier alpha value is -6.04. The third-order valence-electron chi connectivity index (χ3n) is 11.4. The van der Waals surface area contributed by atoms with Gasteiger partial charge >= 0.3 is 11.9 Å². The van der Waals surface area contributed by atoms with E-state index in [0.717, 1.165) is 18.2 Å². The fourth-order valence-electron chi connectivity index (χ4n) is 8.09. The molecule has 1 saturated heterocycles. The van der Waals surface area contributed by atoms with Gasteiger partial charge in [0.1, 0.15) is 47.9 Å². The topological polar surface area (TPSA) is 311 Å². The number of aliphatic hydroxyl groups excluding tert-OH is 5. The highest BCUT2D eigenvalue weighted by Gasteiger charge is 2.65. The Morgan fingerprint density at radius 1 is 1.02 bits per heavy atom. The smallest absolute Gasteiger partial charge is 0.327 e. The van der Waals surface area contributed by atoms with Crippen molar-refractivity contribution in [2.24, 2.45) is 10.9 Å². The highest BCUT2D eigenvalue weighted by molar-refractivity contribution is 5.95. The molecule has 20 heteroatoms. The average Bonchev–Trinajstić information content (AvgIpc) is 3.84. The highest BCUT2D eigenvalue weighted by atomic mass is 16.8. The highest BCUT2D eigenvalue weighted by Crippen LogP contribution is 2.45. The molecule has 3 aliphatic rings. The molecule has 0 radical (unpaired) electrons. The van der Waals surface area contributed by atoms with Gasteiger partial charge in [-0.3, -0.25) is 29.5 Å². The minimum atomic E-state index is -3.42. The van der Waals surface area contributed by atoms with Gasteiger partial charge in [0.15, 0.2) is 17.5 Å². The number of aliphatic imine (C=N–C) groups is 1. The summed E-state index contributed by atoms with van der Waals surface area (Å²) >= 11 is 0. The lowest BCUT2D eigenvalue weighted by molar-refractivity contribution is -0.408. The summed E-state index contributed by atoms with van der Waals surface area (Å²) in [4.78, 5) is 50.5. The Balaban J connectivity index is 1.30. The lowest BCUT2D eigenvalue weighted by atomic mass is 9.84. The van der Waals surface area contributed by atoms with E-state index >= 15 is 0 Å². The Morgan fingerprint density at radius 2 is 1.72 bits per heavy atom. The quantitative estimate of drug-likeness (QED) is 0.0408. The predicted molar refractivity (Wildman–Crippen MR) is 223 cm³/mol. The number of carboxylic acid groups (broad SMARTS) is 1. The number of aliphatic hydroxyl groups is 7. The molecule has 0 spiro atoms. The first-order valence-electron chi connectivity index (χ1n) is 19.9. The van der Waals surface area contributed by atoms with E-state index in [1.165, 1.54) is 53.8 Å². The van der Waals surface area contributed by atoms with Crippen molar-refractivity contribution in [1.82, 2.24) is 10.4 Å². The number of aliphatic carboxylic acids is 1. The third kappa shape index (κ3) is 8.27. The fourth-order valence-corrected chi connectivity index (χ4v) is 8.09. The van der Waals surface area contributed by atoms with Crippen LogP contribution in [-0.2, 0) is 23.9 Å². The monoisotopic (exact) mass is 889 g/mol. The van der Waals surface area contributed by atoms with Gasteiger partial charge in [0.2, 0.25) is 11.9 Å². The predicted octanol–water partition coefficient (Wildman–Crippen LogP) is 0.181. The van der Waals surface area contributed by atoms with Crippen LogP contribution in [0.3, 0.4) is 0 Å². The first kappa shape index (κ1) is 46.0. The number of carbonyl (C=O) groups is 2. The second-order valence-electron chi connectivity index (χ2n) is 15.8. The Morgan fingerprint density at radius 3 is 2.34 bits per heavy atom. The number of hydroxylamine groups is 2. The van der Waals surface area contributed by atoms with Crippen molar-refractivity contribution in [3.63, 3.8) is 0 Å². The largest absolute Gasteiger partial charge is 0.508 e. The zero-order valence-electron chi connectivity index (χ0n) is 34.6. The molecule has 1 aromatic heterocycles. The summed E-state index contributed by atoms with van der Waals surface area (Å²) in [5.74, 6) is -10.00. The van der Waals surface area contributed by atoms with Gasteiger partial charge in [-0.05, 0) is 68.9 Å². The van der Waals surface area contributed by atoms with Crippen LogP contribution in [0.1, 0.15) is 23.1 Å². The third-order valence-corrected chi connectivity index (χ3v) is 11.4. The van der Waals surface area contributed by atoms with Gasteiger partial charge in [0.25, 0.3) is 5.79 Å². The summed E-state index contributed by atoms with van der Waals surface area (Å²) in [7, 11) is 1.09. The molecule has 20 nitrogen and oxygen atoms in total. The van der Waals surface area contributed by atoms with Crippen LogP contribution in [0.15, 0.2) is 98.5 Å². The molecule has 10 N–H and O–H groups in total. The number of hydrogen-bond acceptors (Lipinski definition) is 19. The zero-order chi connectivity index (χ0) is 46.3. The van der Waals surface area contributed by atoms with Gasteiger partial charge in [0.05, 0.1) is 35.5 Å². The van der Waals surface area contributed by atoms with E-state index in [1.807, 2.05) is 32.0 Å². The van der Waals surface area contributed by atoms with Crippen LogP contribution in [0, 0.1) is 19.8 Å². The van der Waals surface area contributed by atoms with Crippen molar-refractivity contribution < 1.29 is 79.0 Å². The van der Waals surface area contributed by atoms with Gasteiger partial charge in [-0.15, -0.1) is 0 Å². The fraction of sp³-hybridized carbons (Fsp3) is 0.364. The number of aryl methyl sites for hydroxylation is 2. The Kier molecular flexibility index (Phi) is 12.8. The number of nitrogens with one attached hydrogen (secondary N) is 1. The van der Waals surface area contributed by atoms with E-state index < -0.39 is 91.2 Å². The number of carbonyl (C=O) groups excluding carboxylic acids is 1. The first-order chi connectivity index (χ1) is 30.4. The van der Waals surface area contributed by atoms with Crippen molar-refractivity contribution >= 4 is 34.8 Å². The molecule has 0 unspecified atom stereocenters. The Labute approximate surface area is 363 Å². The second-order valence-corrected chi connectivity index (χ2v) is 15.8. The number of phenolic OH excluding ortho intramolecular Hbond substituents is 1. The minimum Gasteiger partial charge on any atom is -0.508 e. The Bertz CT molecular complexity index is 2570. The number of ether oxygens (including phenoxy) is 3. The normalized spacial score (nSPS) is 24.2. The number of aromatic hydroxyl groups is 1. The van der Waals surface area contributed by atoms with Crippen molar-refractivity contribution in [2.75, 3.05) is 33.4 Å². The number of fused-ring (bicyclic) bond motifs is 2. The summed E-state index contributed by atoms with van der Waals surface area (Å²) in [6, 6.07) is 15.4. The van der Waals surface area contributed by atoms with Gasteiger partial charge in [0, 0.05) is 36.4 Å². The van der Waals surface area contributed by atoms with Crippen molar-refractivity contribution in [3.05, 3.63) is 111 Å².